The lowest BCUT2D eigenvalue weighted by Crippen LogP contribution is -2.00. The van der Waals surface area contributed by atoms with Crippen molar-refractivity contribution in [2.24, 2.45) is 0 Å². The summed E-state index contributed by atoms with van der Waals surface area (Å²) in [5, 5.41) is 3.23. The molecule has 0 saturated heterocycles. The third kappa shape index (κ3) is 0.954. The summed E-state index contributed by atoms with van der Waals surface area (Å²) in [6, 6.07) is 4.08. The summed E-state index contributed by atoms with van der Waals surface area (Å²) in [5.74, 6) is 0. The molecule has 10 heavy (non-hydrogen) atoms. The van der Waals surface area contributed by atoms with Gasteiger partial charge in [0.1, 0.15) is 4.60 Å². The Morgan fingerprint density at radius 2 is 2.30 bits per heavy atom. The first-order chi connectivity index (χ1) is 4.86. The molecular weight excluding hydrogens is 192 g/mol. The van der Waals surface area contributed by atoms with Gasteiger partial charge in [-0.15, -0.1) is 0 Å². The van der Waals surface area contributed by atoms with Crippen LogP contribution in [0.2, 0.25) is 0 Å². The van der Waals surface area contributed by atoms with Gasteiger partial charge in [-0.3, -0.25) is 0 Å². The smallest absolute Gasteiger partial charge is 0.106 e. The molecule has 1 aromatic heterocycles. The van der Waals surface area contributed by atoms with Crippen LogP contribution in [0.4, 0.5) is 0 Å². The van der Waals surface area contributed by atoms with Crippen LogP contribution in [0.15, 0.2) is 16.7 Å². The highest BCUT2D eigenvalue weighted by Gasteiger charge is 2.09. The van der Waals surface area contributed by atoms with Gasteiger partial charge in [-0.25, -0.2) is 4.98 Å². The van der Waals surface area contributed by atoms with E-state index in [0.29, 0.717) is 0 Å². The number of hydrogen-bond donors (Lipinski definition) is 1. The maximum absolute atomic E-state index is 4.31. The molecule has 0 aliphatic carbocycles. The second-order valence-corrected chi connectivity index (χ2v) is 3.16. The Balaban J connectivity index is 2.52. The molecule has 1 aliphatic rings. The number of aromatic nitrogens is 1. The predicted octanol–water partition coefficient (Wildman–Crippen LogP) is 1.45. The number of pyridine rings is 1. The van der Waals surface area contributed by atoms with E-state index >= 15 is 0 Å². The second kappa shape index (κ2) is 2.32. The highest BCUT2D eigenvalue weighted by Crippen LogP contribution is 2.15. The molecule has 0 amide bonds. The number of halogens is 1. The van der Waals surface area contributed by atoms with Gasteiger partial charge in [-0.05, 0) is 27.6 Å². The van der Waals surface area contributed by atoms with E-state index in [-0.39, 0.29) is 0 Å². The van der Waals surface area contributed by atoms with Gasteiger partial charge in [-0.1, -0.05) is 6.07 Å². The molecule has 0 unspecified atom stereocenters. The van der Waals surface area contributed by atoms with Gasteiger partial charge in [0, 0.05) is 13.1 Å². The zero-order valence-electron chi connectivity index (χ0n) is 5.39. The number of nitrogens with one attached hydrogen (secondary N) is 1. The molecule has 3 heteroatoms. The molecule has 2 nitrogen and oxygen atoms in total. The van der Waals surface area contributed by atoms with Crippen LogP contribution in [0, 0.1) is 0 Å². The fourth-order valence-electron chi connectivity index (χ4n) is 1.13. The van der Waals surface area contributed by atoms with Crippen LogP contribution in [0.3, 0.4) is 0 Å². The number of nitrogens with zero attached hydrogens (tertiary/aromatic N) is 1. The van der Waals surface area contributed by atoms with Gasteiger partial charge in [0.25, 0.3) is 0 Å². The van der Waals surface area contributed by atoms with E-state index in [9.17, 15) is 0 Å². The standard InChI is InChI=1S/C7H7BrN2/c8-7-2-1-5-3-9-4-6(5)10-7/h1-2,9H,3-4H2. The minimum Gasteiger partial charge on any atom is -0.307 e. The van der Waals surface area contributed by atoms with E-state index in [4.69, 9.17) is 0 Å². The average Bonchev–Trinajstić information content (AvgIpc) is 2.33. The molecule has 2 heterocycles. The molecule has 52 valence electrons. The fourth-order valence-corrected chi connectivity index (χ4v) is 1.48. The molecule has 1 aliphatic heterocycles. The Morgan fingerprint density at radius 3 is 3.20 bits per heavy atom. The summed E-state index contributed by atoms with van der Waals surface area (Å²) in [7, 11) is 0. The van der Waals surface area contributed by atoms with Crippen LogP contribution in [0.5, 0.6) is 0 Å². The SMILES string of the molecule is Brc1ccc2c(n1)CNC2. The van der Waals surface area contributed by atoms with Crippen LogP contribution < -0.4 is 5.32 Å². The van der Waals surface area contributed by atoms with Crippen molar-refractivity contribution in [1.82, 2.24) is 10.3 Å². The summed E-state index contributed by atoms with van der Waals surface area (Å²) in [4.78, 5) is 4.31. The van der Waals surface area contributed by atoms with Crippen molar-refractivity contribution >= 4 is 15.9 Å². The minimum atomic E-state index is 0.911. The third-order valence-electron chi connectivity index (χ3n) is 1.64. The van der Waals surface area contributed by atoms with Gasteiger partial charge in [-0.2, -0.15) is 0 Å². The normalized spacial score (nSPS) is 15.3. The van der Waals surface area contributed by atoms with Crippen LogP contribution in [0.25, 0.3) is 0 Å². The first-order valence-electron chi connectivity index (χ1n) is 3.21. The Bertz CT molecular complexity index is 260. The van der Waals surface area contributed by atoms with Crippen LogP contribution in [-0.2, 0) is 13.1 Å². The Morgan fingerprint density at radius 1 is 1.40 bits per heavy atom. The van der Waals surface area contributed by atoms with Gasteiger partial charge >= 0.3 is 0 Å². The summed E-state index contributed by atoms with van der Waals surface area (Å²) in [6.45, 7) is 1.88. The van der Waals surface area contributed by atoms with E-state index in [1.54, 1.807) is 0 Å². The van der Waals surface area contributed by atoms with Crippen LogP contribution in [0.1, 0.15) is 11.3 Å². The summed E-state index contributed by atoms with van der Waals surface area (Å²) in [5.41, 5.74) is 2.50. The topological polar surface area (TPSA) is 24.9 Å². The van der Waals surface area contributed by atoms with E-state index in [1.165, 1.54) is 11.3 Å². The second-order valence-electron chi connectivity index (χ2n) is 2.34. The van der Waals surface area contributed by atoms with Crippen molar-refractivity contribution in [2.75, 3.05) is 0 Å². The van der Waals surface area contributed by atoms with Crippen molar-refractivity contribution in [3.63, 3.8) is 0 Å². The number of hydrogen-bond acceptors (Lipinski definition) is 2. The monoisotopic (exact) mass is 198 g/mol. The van der Waals surface area contributed by atoms with E-state index in [0.717, 1.165) is 17.7 Å². The van der Waals surface area contributed by atoms with Crippen LogP contribution >= 0.6 is 15.9 Å². The van der Waals surface area contributed by atoms with Crippen molar-refractivity contribution in [3.8, 4) is 0 Å². The largest absolute Gasteiger partial charge is 0.307 e. The molecule has 0 aromatic carbocycles. The molecule has 0 fully saturated rings. The Kier molecular flexibility index (Phi) is 1.47. The summed E-state index contributed by atoms with van der Waals surface area (Å²) in [6.07, 6.45) is 0. The predicted molar refractivity (Wildman–Crippen MR) is 42.5 cm³/mol. The van der Waals surface area contributed by atoms with E-state index in [2.05, 4.69) is 32.3 Å². The zero-order chi connectivity index (χ0) is 6.97. The van der Waals surface area contributed by atoms with Gasteiger partial charge in [0.15, 0.2) is 0 Å². The third-order valence-corrected chi connectivity index (χ3v) is 2.08. The lowest BCUT2D eigenvalue weighted by atomic mass is 10.2. The number of fused-ring (bicyclic) bond motifs is 1. The maximum atomic E-state index is 4.31. The molecule has 0 bridgehead atoms. The number of rotatable bonds is 0. The van der Waals surface area contributed by atoms with Crippen molar-refractivity contribution in [2.45, 2.75) is 13.1 Å². The Hall–Kier alpha value is -0.410. The molecule has 0 atom stereocenters. The maximum Gasteiger partial charge on any atom is 0.106 e. The first-order valence-corrected chi connectivity index (χ1v) is 4.00. The lowest BCUT2D eigenvalue weighted by Gasteiger charge is -1.94. The summed E-state index contributed by atoms with van der Waals surface area (Å²) < 4.78 is 0.926. The molecule has 1 aromatic rings. The molecule has 0 radical (unpaired) electrons. The van der Waals surface area contributed by atoms with Gasteiger partial charge in [0.2, 0.25) is 0 Å². The van der Waals surface area contributed by atoms with Gasteiger partial charge in [0.05, 0.1) is 5.69 Å². The fraction of sp³-hybridized carbons (Fsp3) is 0.286. The molecule has 0 spiro atoms. The van der Waals surface area contributed by atoms with Crippen molar-refractivity contribution in [3.05, 3.63) is 28.0 Å². The molecule has 1 N–H and O–H groups in total. The zero-order valence-corrected chi connectivity index (χ0v) is 6.98. The first kappa shape index (κ1) is 6.31. The van der Waals surface area contributed by atoms with Crippen LogP contribution in [-0.4, -0.2) is 4.98 Å². The van der Waals surface area contributed by atoms with Crippen molar-refractivity contribution in [1.29, 1.82) is 0 Å². The Labute approximate surface area is 67.8 Å². The lowest BCUT2D eigenvalue weighted by molar-refractivity contribution is 0.757. The minimum absolute atomic E-state index is 0.911. The quantitative estimate of drug-likeness (QED) is 0.639. The molecular formula is C7H7BrN2. The molecule has 2 rings (SSSR count). The highest BCUT2D eigenvalue weighted by atomic mass is 79.9. The summed E-state index contributed by atoms with van der Waals surface area (Å²) >= 11 is 3.33. The van der Waals surface area contributed by atoms with E-state index < -0.39 is 0 Å². The van der Waals surface area contributed by atoms with Gasteiger partial charge < -0.3 is 5.32 Å². The van der Waals surface area contributed by atoms with Crippen molar-refractivity contribution < 1.29 is 0 Å². The van der Waals surface area contributed by atoms with E-state index in [1.807, 2.05) is 6.07 Å². The molecule has 0 saturated carbocycles. The average molecular weight is 199 g/mol. The highest BCUT2D eigenvalue weighted by molar-refractivity contribution is 9.10.